The molecular formula is C9H20N4O. The van der Waals surface area contributed by atoms with Crippen LogP contribution in [0.4, 0.5) is 0 Å². The Balaban J connectivity index is 2.36. The topological polar surface area (TPSA) is 75.6 Å². The van der Waals surface area contributed by atoms with Crippen LogP contribution < -0.4 is 11.5 Å². The summed E-state index contributed by atoms with van der Waals surface area (Å²) in [4.78, 5) is 15.3. The molecule has 1 rings (SSSR count). The molecule has 2 atom stereocenters. The molecule has 0 aromatic heterocycles. The first-order chi connectivity index (χ1) is 6.50. The molecule has 1 aliphatic rings. The second kappa shape index (κ2) is 4.72. The zero-order valence-corrected chi connectivity index (χ0v) is 8.94. The normalized spacial score (nSPS) is 27.5. The quantitative estimate of drug-likeness (QED) is 0.577. The molecule has 0 aromatic rings. The Bertz CT molecular complexity index is 209. The molecule has 82 valence electrons. The highest BCUT2D eigenvalue weighted by molar-refractivity contribution is 5.79. The summed E-state index contributed by atoms with van der Waals surface area (Å²) in [5.74, 6) is -0.420. The molecule has 0 bridgehead atoms. The monoisotopic (exact) mass is 200 g/mol. The van der Waals surface area contributed by atoms with Gasteiger partial charge < -0.3 is 16.4 Å². The minimum absolute atomic E-state index is 0.420. The van der Waals surface area contributed by atoms with E-state index in [1.165, 1.54) is 0 Å². The van der Waals surface area contributed by atoms with Crippen LogP contribution in [0, 0.1) is 0 Å². The second-order valence-corrected chi connectivity index (χ2v) is 4.10. The highest BCUT2D eigenvalue weighted by Gasteiger charge is 2.23. The number of carbonyl (C=O) groups excluding carboxylic acids is 1. The Hall–Kier alpha value is -0.650. The molecule has 0 aliphatic carbocycles. The maximum absolute atomic E-state index is 10.8. The molecule has 14 heavy (non-hydrogen) atoms. The van der Waals surface area contributed by atoms with E-state index in [0.29, 0.717) is 12.6 Å². The lowest BCUT2D eigenvalue weighted by atomic mass is 10.2. The van der Waals surface area contributed by atoms with Crippen LogP contribution in [0.25, 0.3) is 0 Å². The van der Waals surface area contributed by atoms with Gasteiger partial charge in [0.05, 0.1) is 6.04 Å². The third-order valence-corrected chi connectivity index (χ3v) is 2.86. The van der Waals surface area contributed by atoms with Crippen LogP contribution in [0.5, 0.6) is 0 Å². The summed E-state index contributed by atoms with van der Waals surface area (Å²) in [5, 5.41) is 0. The Labute approximate surface area is 85.0 Å². The Morgan fingerprint density at radius 1 is 1.57 bits per heavy atom. The van der Waals surface area contributed by atoms with E-state index in [1.54, 1.807) is 0 Å². The van der Waals surface area contributed by atoms with Gasteiger partial charge in [-0.2, -0.15) is 0 Å². The van der Waals surface area contributed by atoms with Crippen molar-refractivity contribution in [1.82, 2.24) is 9.80 Å². The average molecular weight is 200 g/mol. The lowest BCUT2D eigenvalue weighted by Crippen LogP contribution is -2.54. The number of rotatable bonds is 3. The lowest BCUT2D eigenvalue weighted by molar-refractivity contribution is -0.119. The fourth-order valence-corrected chi connectivity index (χ4v) is 1.66. The first-order valence-electron chi connectivity index (χ1n) is 4.98. The molecule has 0 spiro atoms. The molecule has 2 unspecified atom stereocenters. The van der Waals surface area contributed by atoms with Crippen molar-refractivity contribution >= 4 is 5.91 Å². The van der Waals surface area contributed by atoms with Crippen LogP contribution in [0.1, 0.15) is 6.92 Å². The molecular weight excluding hydrogens is 180 g/mol. The van der Waals surface area contributed by atoms with E-state index < -0.39 is 11.9 Å². The van der Waals surface area contributed by atoms with Crippen molar-refractivity contribution in [3.63, 3.8) is 0 Å². The number of nitrogens with zero attached hydrogens (tertiary/aromatic N) is 2. The first kappa shape index (κ1) is 11.4. The molecule has 1 saturated heterocycles. The van der Waals surface area contributed by atoms with E-state index >= 15 is 0 Å². The van der Waals surface area contributed by atoms with E-state index in [1.807, 2.05) is 0 Å². The first-order valence-corrected chi connectivity index (χ1v) is 4.98. The molecule has 0 saturated carbocycles. The zero-order valence-electron chi connectivity index (χ0n) is 8.94. The number of amides is 1. The number of hydrogen-bond donors (Lipinski definition) is 2. The van der Waals surface area contributed by atoms with Gasteiger partial charge in [0.2, 0.25) is 5.91 Å². The van der Waals surface area contributed by atoms with Crippen LogP contribution in [0.3, 0.4) is 0 Å². The van der Waals surface area contributed by atoms with E-state index in [9.17, 15) is 4.79 Å². The van der Waals surface area contributed by atoms with Crippen LogP contribution >= 0.6 is 0 Å². The van der Waals surface area contributed by atoms with Crippen LogP contribution in [-0.4, -0.2) is 61.0 Å². The van der Waals surface area contributed by atoms with Crippen molar-refractivity contribution in [3.8, 4) is 0 Å². The van der Waals surface area contributed by atoms with Crippen LogP contribution in [0.2, 0.25) is 0 Å². The summed E-state index contributed by atoms with van der Waals surface area (Å²) in [6, 6.07) is -0.0190. The van der Waals surface area contributed by atoms with Crippen LogP contribution in [-0.2, 0) is 4.79 Å². The van der Waals surface area contributed by atoms with Gasteiger partial charge in [0, 0.05) is 32.2 Å². The molecule has 1 heterocycles. The standard InChI is InChI=1S/C9H20N4O/c1-7-5-13(4-3-12(7)2)6-8(10)9(11)14/h7-8H,3-6,10H2,1-2H3,(H2,11,14). The van der Waals surface area contributed by atoms with Crippen molar-refractivity contribution in [2.45, 2.75) is 19.0 Å². The van der Waals surface area contributed by atoms with Gasteiger partial charge in [-0.3, -0.25) is 9.69 Å². The predicted molar refractivity (Wildman–Crippen MR) is 55.7 cm³/mol. The highest BCUT2D eigenvalue weighted by Crippen LogP contribution is 2.06. The van der Waals surface area contributed by atoms with Crippen molar-refractivity contribution < 1.29 is 4.79 Å². The summed E-state index contributed by atoms with van der Waals surface area (Å²) in [7, 11) is 2.11. The molecule has 5 nitrogen and oxygen atoms in total. The van der Waals surface area contributed by atoms with Gasteiger partial charge >= 0.3 is 0 Å². The summed E-state index contributed by atoms with van der Waals surface area (Å²) in [6.07, 6.45) is 0. The van der Waals surface area contributed by atoms with E-state index in [2.05, 4.69) is 23.8 Å². The largest absolute Gasteiger partial charge is 0.368 e. The van der Waals surface area contributed by atoms with Gasteiger partial charge in [0.1, 0.15) is 0 Å². The Morgan fingerprint density at radius 3 is 2.71 bits per heavy atom. The predicted octanol–water partition coefficient (Wildman–Crippen LogP) is -1.57. The van der Waals surface area contributed by atoms with Gasteiger partial charge in [-0.1, -0.05) is 0 Å². The number of primary amides is 1. The van der Waals surface area contributed by atoms with Crippen LogP contribution in [0.15, 0.2) is 0 Å². The Morgan fingerprint density at radius 2 is 2.21 bits per heavy atom. The molecule has 5 heteroatoms. The number of likely N-dealkylation sites (N-methyl/N-ethyl adjacent to an activating group) is 1. The minimum atomic E-state index is -0.536. The minimum Gasteiger partial charge on any atom is -0.368 e. The SMILES string of the molecule is CC1CN(CC(N)C(N)=O)CCN1C. The molecule has 0 radical (unpaired) electrons. The fourth-order valence-electron chi connectivity index (χ4n) is 1.66. The summed E-state index contributed by atoms with van der Waals surface area (Å²) < 4.78 is 0. The molecule has 1 amide bonds. The van der Waals surface area contributed by atoms with Crippen molar-refractivity contribution in [1.29, 1.82) is 0 Å². The highest BCUT2D eigenvalue weighted by atomic mass is 16.1. The smallest absolute Gasteiger partial charge is 0.235 e. The van der Waals surface area contributed by atoms with Gasteiger partial charge in [0.25, 0.3) is 0 Å². The number of nitrogens with two attached hydrogens (primary N) is 2. The summed E-state index contributed by atoms with van der Waals surface area (Å²) >= 11 is 0. The van der Waals surface area contributed by atoms with Gasteiger partial charge in [-0.05, 0) is 14.0 Å². The summed E-state index contributed by atoms with van der Waals surface area (Å²) in [6.45, 7) is 5.68. The zero-order chi connectivity index (χ0) is 10.7. The maximum Gasteiger partial charge on any atom is 0.235 e. The number of hydrogen-bond acceptors (Lipinski definition) is 4. The number of piperazine rings is 1. The molecule has 1 aliphatic heterocycles. The van der Waals surface area contributed by atoms with Crippen molar-refractivity contribution in [2.24, 2.45) is 11.5 Å². The fraction of sp³-hybridized carbons (Fsp3) is 0.889. The van der Waals surface area contributed by atoms with E-state index in [4.69, 9.17) is 11.5 Å². The second-order valence-electron chi connectivity index (χ2n) is 4.10. The molecule has 0 aromatic carbocycles. The molecule has 4 N–H and O–H groups in total. The van der Waals surface area contributed by atoms with Crippen molar-refractivity contribution in [3.05, 3.63) is 0 Å². The van der Waals surface area contributed by atoms with Crippen molar-refractivity contribution in [2.75, 3.05) is 33.2 Å². The van der Waals surface area contributed by atoms with Gasteiger partial charge in [-0.15, -0.1) is 0 Å². The Kier molecular flexibility index (Phi) is 3.86. The molecule has 1 fully saturated rings. The average Bonchev–Trinajstić information content (AvgIpc) is 2.11. The van der Waals surface area contributed by atoms with Gasteiger partial charge in [0.15, 0.2) is 0 Å². The number of carbonyl (C=O) groups is 1. The van der Waals surface area contributed by atoms with Gasteiger partial charge in [-0.25, -0.2) is 0 Å². The maximum atomic E-state index is 10.8. The lowest BCUT2D eigenvalue weighted by Gasteiger charge is -2.38. The summed E-state index contributed by atoms with van der Waals surface area (Å²) in [5.41, 5.74) is 10.7. The van der Waals surface area contributed by atoms with E-state index in [0.717, 1.165) is 19.6 Å². The third-order valence-electron chi connectivity index (χ3n) is 2.86. The third kappa shape index (κ3) is 2.94. The van der Waals surface area contributed by atoms with E-state index in [-0.39, 0.29) is 0 Å².